The Morgan fingerprint density at radius 3 is 2.89 bits per heavy atom. The van der Waals surface area contributed by atoms with Crippen LogP contribution in [0.4, 0.5) is 0 Å². The quantitative estimate of drug-likeness (QED) is 0.543. The first-order chi connectivity index (χ1) is 13.2. The molecular formula is C20H18ClN5O. The zero-order valence-corrected chi connectivity index (χ0v) is 15.5. The van der Waals surface area contributed by atoms with Crippen LogP contribution < -0.4 is 0 Å². The van der Waals surface area contributed by atoms with Crippen LogP contribution in [0, 0.1) is 0 Å². The van der Waals surface area contributed by atoms with Gasteiger partial charge in [-0.25, -0.2) is 4.98 Å². The van der Waals surface area contributed by atoms with E-state index in [1.165, 1.54) is 0 Å². The number of nitrogens with zero attached hydrogens (tertiary/aromatic N) is 3. The van der Waals surface area contributed by atoms with E-state index in [0.717, 1.165) is 27.9 Å². The highest BCUT2D eigenvalue weighted by Gasteiger charge is 2.19. The molecule has 27 heavy (non-hydrogen) atoms. The fourth-order valence-electron chi connectivity index (χ4n) is 3.12. The lowest BCUT2D eigenvalue weighted by molar-refractivity contribution is 0.0745. The van der Waals surface area contributed by atoms with Gasteiger partial charge in [0.2, 0.25) is 0 Å². The number of aromatic amines is 2. The van der Waals surface area contributed by atoms with Gasteiger partial charge in [0.15, 0.2) is 0 Å². The minimum absolute atomic E-state index is 0.0788. The van der Waals surface area contributed by atoms with E-state index in [2.05, 4.69) is 19.9 Å². The number of H-pyrrole nitrogens is 2. The van der Waals surface area contributed by atoms with Crippen LogP contribution in [0.5, 0.6) is 0 Å². The average Bonchev–Trinajstić information content (AvgIpc) is 3.36. The van der Waals surface area contributed by atoms with E-state index < -0.39 is 0 Å². The maximum atomic E-state index is 12.9. The van der Waals surface area contributed by atoms with Crippen LogP contribution in [-0.4, -0.2) is 37.3 Å². The number of carbonyl (C=O) groups excluding carboxylic acids is 1. The van der Waals surface area contributed by atoms with Crippen LogP contribution in [0.15, 0.2) is 55.1 Å². The molecule has 0 radical (unpaired) electrons. The summed E-state index contributed by atoms with van der Waals surface area (Å²) >= 11 is 6.39. The number of hydrogen-bond acceptors (Lipinski definition) is 3. The zero-order chi connectivity index (χ0) is 18.8. The summed E-state index contributed by atoms with van der Waals surface area (Å²) in [5.74, 6) is -0.0788. The van der Waals surface area contributed by atoms with Gasteiger partial charge in [-0.3, -0.25) is 9.78 Å². The third kappa shape index (κ3) is 3.31. The summed E-state index contributed by atoms with van der Waals surface area (Å²) in [4.78, 5) is 29.4. The number of pyridine rings is 2. The van der Waals surface area contributed by atoms with E-state index >= 15 is 0 Å². The van der Waals surface area contributed by atoms with Crippen molar-refractivity contribution < 1.29 is 4.79 Å². The molecule has 0 fully saturated rings. The van der Waals surface area contributed by atoms with Gasteiger partial charge >= 0.3 is 0 Å². The predicted molar refractivity (Wildman–Crippen MR) is 106 cm³/mol. The highest BCUT2D eigenvalue weighted by Crippen LogP contribution is 2.34. The molecule has 1 amide bonds. The van der Waals surface area contributed by atoms with Crippen LogP contribution in [0.3, 0.4) is 0 Å². The first-order valence-corrected chi connectivity index (χ1v) is 9.04. The van der Waals surface area contributed by atoms with Crippen molar-refractivity contribution in [3.05, 3.63) is 71.5 Å². The Bertz CT molecular complexity index is 1090. The Morgan fingerprint density at radius 1 is 1.22 bits per heavy atom. The molecule has 0 aliphatic heterocycles. The Labute approximate surface area is 161 Å². The molecule has 0 saturated heterocycles. The number of rotatable bonds is 5. The van der Waals surface area contributed by atoms with Crippen molar-refractivity contribution in [1.29, 1.82) is 0 Å². The second-order valence-electron chi connectivity index (χ2n) is 6.16. The molecule has 0 aliphatic carbocycles. The number of amides is 1. The van der Waals surface area contributed by atoms with E-state index in [1.54, 1.807) is 23.5 Å². The second kappa shape index (κ2) is 7.25. The Kier molecular flexibility index (Phi) is 4.64. The molecule has 4 rings (SSSR count). The predicted octanol–water partition coefficient (Wildman–Crippen LogP) is 4.27. The minimum atomic E-state index is -0.0788. The summed E-state index contributed by atoms with van der Waals surface area (Å²) in [6, 6.07) is 9.45. The summed E-state index contributed by atoms with van der Waals surface area (Å²) in [6.07, 6.45) is 6.97. The van der Waals surface area contributed by atoms with Gasteiger partial charge in [-0.15, -0.1) is 0 Å². The van der Waals surface area contributed by atoms with Crippen molar-refractivity contribution in [2.45, 2.75) is 13.5 Å². The van der Waals surface area contributed by atoms with Crippen molar-refractivity contribution in [3.8, 4) is 11.1 Å². The fraction of sp³-hybridized carbons (Fsp3) is 0.150. The lowest BCUT2D eigenvalue weighted by atomic mass is 10.1. The van der Waals surface area contributed by atoms with Crippen LogP contribution >= 0.6 is 11.6 Å². The van der Waals surface area contributed by atoms with Crippen LogP contribution in [0.25, 0.3) is 22.2 Å². The van der Waals surface area contributed by atoms with Gasteiger partial charge in [0.1, 0.15) is 11.3 Å². The topological polar surface area (TPSA) is 77.7 Å². The van der Waals surface area contributed by atoms with Crippen molar-refractivity contribution >= 4 is 28.5 Å². The molecule has 0 atom stereocenters. The number of hydrogen-bond donors (Lipinski definition) is 2. The van der Waals surface area contributed by atoms with Gasteiger partial charge in [-0.1, -0.05) is 17.7 Å². The van der Waals surface area contributed by atoms with Crippen molar-refractivity contribution in [2.24, 2.45) is 0 Å². The number of aromatic nitrogens is 4. The van der Waals surface area contributed by atoms with E-state index in [1.807, 2.05) is 43.5 Å². The minimum Gasteiger partial charge on any atom is -0.357 e. The normalized spacial score (nSPS) is 11.0. The molecule has 4 heterocycles. The van der Waals surface area contributed by atoms with Crippen molar-refractivity contribution in [2.75, 3.05) is 6.54 Å². The number of carbonyl (C=O) groups is 1. The molecule has 4 aromatic heterocycles. The molecule has 4 aromatic rings. The van der Waals surface area contributed by atoms with Gasteiger partial charge in [0.25, 0.3) is 5.91 Å². The van der Waals surface area contributed by atoms with Crippen LogP contribution in [0.1, 0.15) is 23.1 Å². The smallest absolute Gasteiger partial charge is 0.270 e. The summed E-state index contributed by atoms with van der Waals surface area (Å²) in [5.41, 5.74) is 3.83. The molecule has 0 spiro atoms. The molecule has 0 unspecified atom stereocenters. The monoisotopic (exact) mass is 379 g/mol. The Hall–Kier alpha value is -3.12. The summed E-state index contributed by atoms with van der Waals surface area (Å²) < 4.78 is 0. The molecular weight excluding hydrogens is 362 g/mol. The highest BCUT2D eigenvalue weighted by atomic mass is 35.5. The average molecular weight is 380 g/mol. The molecule has 7 heteroatoms. The molecule has 0 saturated carbocycles. The number of halogens is 1. The van der Waals surface area contributed by atoms with Crippen LogP contribution in [-0.2, 0) is 6.54 Å². The summed E-state index contributed by atoms with van der Waals surface area (Å²) in [5, 5.41) is 1.46. The first kappa shape index (κ1) is 17.3. The third-order valence-corrected chi connectivity index (χ3v) is 4.78. The standard InChI is InChI=1S/C20H18ClN5O/c1-2-26(12-14-5-3-4-7-22-14)20(27)17-9-13(10-24-17)18-15-6-8-23-19(15)25-11-16(18)21/h3-11,24H,2,12H2,1H3,(H,23,25). The van der Waals surface area contributed by atoms with E-state index in [-0.39, 0.29) is 5.91 Å². The zero-order valence-electron chi connectivity index (χ0n) is 14.7. The largest absolute Gasteiger partial charge is 0.357 e. The summed E-state index contributed by atoms with van der Waals surface area (Å²) in [7, 11) is 0. The highest BCUT2D eigenvalue weighted by molar-refractivity contribution is 6.34. The molecule has 2 N–H and O–H groups in total. The molecule has 136 valence electrons. The lowest BCUT2D eigenvalue weighted by Gasteiger charge is -2.19. The molecule has 6 nitrogen and oxygen atoms in total. The van der Waals surface area contributed by atoms with Gasteiger partial charge in [0.05, 0.1) is 17.3 Å². The van der Waals surface area contributed by atoms with Gasteiger partial charge in [-0.05, 0) is 31.2 Å². The first-order valence-electron chi connectivity index (χ1n) is 8.67. The number of nitrogens with one attached hydrogen (secondary N) is 2. The Morgan fingerprint density at radius 2 is 2.11 bits per heavy atom. The molecule has 0 bridgehead atoms. The van der Waals surface area contributed by atoms with Crippen molar-refractivity contribution in [3.63, 3.8) is 0 Å². The SMILES string of the molecule is CCN(Cc1ccccn1)C(=O)c1cc(-c2c(Cl)cnc3[nH]ccc23)c[nH]1. The summed E-state index contributed by atoms with van der Waals surface area (Å²) in [6.45, 7) is 3.00. The third-order valence-electron chi connectivity index (χ3n) is 4.49. The van der Waals surface area contributed by atoms with Crippen molar-refractivity contribution in [1.82, 2.24) is 24.8 Å². The van der Waals surface area contributed by atoms with E-state index in [4.69, 9.17) is 11.6 Å². The van der Waals surface area contributed by atoms with Crippen LogP contribution in [0.2, 0.25) is 5.02 Å². The molecule has 0 aromatic carbocycles. The lowest BCUT2D eigenvalue weighted by Crippen LogP contribution is -2.30. The van der Waals surface area contributed by atoms with E-state index in [0.29, 0.717) is 23.8 Å². The fourth-order valence-corrected chi connectivity index (χ4v) is 3.38. The van der Waals surface area contributed by atoms with E-state index in [9.17, 15) is 4.79 Å². The van der Waals surface area contributed by atoms with Gasteiger partial charge in [-0.2, -0.15) is 0 Å². The Balaban J connectivity index is 1.64. The second-order valence-corrected chi connectivity index (χ2v) is 6.57. The maximum Gasteiger partial charge on any atom is 0.270 e. The van der Waals surface area contributed by atoms with Gasteiger partial charge < -0.3 is 14.9 Å². The molecule has 0 aliphatic rings. The maximum absolute atomic E-state index is 12.9. The van der Waals surface area contributed by atoms with Gasteiger partial charge in [0, 0.05) is 47.8 Å². The number of fused-ring (bicyclic) bond motifs is 1.